The number of para-hydroxylation sites is 1. The van der Waals surface area contributed by atoms with E-state index in [0.717, 1.165) is 34.9 Å². The molecule has 0 atom stereocenters. The topological polar surface area (TPSA) is 98.9 Å². The van der Waals surface area contributed by atoms with Crippen LogP contribution in [0.15, 0.2) is 42.7 Å². The molecule has 160 valence electrons. The van der Waals surface area contributed by atoms with E-state index in [0.29, 0.717) is 17.1 Å². The molecule has 1 amide bonds. The molecule has 0 aliphatic heterocycles. The average Bonchev–Trinajstić information content (AvgIpc) is 3.39. The molecule has 1 N–H and O–H groups in total. The molecule has 0 unspecified atom stereocenters. The quantitative estimate of drug-likeness (QED) is 0.500. The van der Waals surface area contributed by atoms with Gasteiger partial charge in [-0.3, -0.25) is 14.8 Å². The van der Waals surface area contributed by atoms with Crippen molar-refractivity contribution in [2.75, 3.05) is 6.26 Å². The summed E-state index contributed by atoms with van der Waals surface area (Å²) >= 11 is 0. The summed E-state index contributed by atoms with van der Waals surface area (Å²) in [5.74, 6) is 0.129. The Labute approximate surface area is 180 Å². The van der Waals surface area contributed by atoms with Crippen molar-refractivity contribution in [1.82, 2.24) is 23.8 Å². The molecule has 3 heterocycles. The first-order valence-corrected chi connectivity index (χ1v) is 12.1. The standard InChI is InChI=1S/C22H23N5O3S/c1-14-10-24-16(11-23-14)12-25-22(28)20-9-19-21(27(20)31(2,29)30)17-5-3-4-6-18(17)26(19)13-15-7-8-15/h3-6,9-11,15H,7-8,12-13H2,1-2H3,(H,25,28). The number of carbonyl (C=O) groups excluding carboxylic acids is 1. The Morgan fingerprint density at radius 3 is 2.61 bits per heavy atom. The number of carbonyl (C=O) groups is 1. The van der Waals surface area contributed by atoms with Crippen LogP contribution in [-0.2, 0) is 23.1 Å². The van der Waals surface area contributed by atoms with E-state index >= 15 is 0 Å². The number of rotatable bonds is 6. The second-order valence-corrected chi connectivity index (χ2v) is 10.0. The highest BCUT2D eigenvalue weighted by molar-refractivity contribution is 7.89. The maximum atomic E-state index is 13.0. The molecule has 4 aromatic rings. The van der Waals surface area contributed by atoms with Crippen LogP contribution in [0.2, 0.25) is 0 Å². The fourth-order valence-corrected chi connectivity index (χ4v) is 5.02. The lowest BCUT2D eigenvalue weighted by molar-refractivity contribution is 0.0944. The molecule has 1 aliphatic carbocycles. The van der Waals surface area contributed by atoms with Crippen molar-refractivity contribution in [1.29, 1.82) is 0 Å². The lowest BCUT2D eigenvalue weighted by atomic mass is 10.2. The van der Waals surface area contributed by atoms with Crippen molar-refractivity contribution in [3.8, 4) is 0 Å². The van der Waals surface area contributed by atoms with E-state index in [-0.39, 0.29) is 12.2 Å². The Morgan fingerprint density at radius 1 is 1.16 bits per heavy atom. The van der Waals surface area contributed by atoms with E-state index in [9.17, 15) is 13.2 Å². The van der Waals surface area contributed by atoms with Gasteiger partial charge in [0.1, 0.15) is 5.69 Å². The van der Waals surface area contributed by atoms with Crippen molar-refractivity contribution in [2.45, 2.75) is 32.9 Å². The van der Waals surface area contributed by atoms with Crippen LogP contribution in [0.25, 0.3) is 21.9 Å². The number of amides is 1. The van der Waals surface area contributed by atoms with Gasteiger partial charge in [-0.15, -0.1) is 0 Å². The fraction of sp³-hybridized carbons (Fsp3) is 0.318. The number of nitrogens with zero attached hydrogens (tertiary/aromatic N) is 4. The number of hydrogen-bond acceptors (Lipinski definition) is 5. The first-order valence-electron chi connectivity index (χ1n) is 10.2. The summed E-state index contributed by atoms with van der Waals surface area (Å²) in [7, 11) is -3.73. The van der Waals surface area contributed by atoms with Gasteiger partial charge in [0, 0.05) is 18.1 Å². The molecule has 8 nitrogen and oxygen atoms in total. The molecular formula is C22H23N5O3S. The summed E-state index contributed by atoms with van der Waals surface area (Å²) in [5, 5.41) is 3.61. The first-order chi connectivity index (χ1) is 14.8. The summed E-state index contributed by atoms with van der Waals surface area (Å²) < 4.78 is 28.9. The van der Waals surface area contributed by atoms with E-state index < -0.39 is 15.9 Å². The van der Waals surface area contributed by atoms with Gasteiger partial charge in [0.05, 0.1) is 46.9 Å². The Balaban J connectivity index is 1.62. The van der Waals surface area contributed by atoms with Crippen molar-refractivity contribution in [3.05, 3.63) is 59.8 Å². The predicted octanol–water partition coefficient (Wildman–Crippen LogP) is 2.84. The minimum Gasteiger partial charge on any atom is -0.345 e. The second kappa shape index (κ2) is 7.19. The highest BCUT2D eigenvalue weighted by Gasteiger charge is 2.29. The molecule has 1 aromatic carbocycles. The van der Waals surface area contributed by atoms with E-state index in [4.69, 9.17) is 0 Å². The Bertz CT molecular complexity index is 1410. The van der Waals surface area contributed by atoms with Gasteiger partial charge in [-0.25, -0.2) is 12.4 Å². The number of aryl methyl sites for hydroxylation is 1. The molecular weight excluding hydrogens is 414 g/mol. The van der Waals surface area contributed by atoms with Gasteiger partial charge in [-0.2, -0.15) is 0 Å². The van der Waals surface area contributed by atoms with Crippen LogP contribution < -0.4 is 5.32 Å². The van der Waals surface area contributed by atoms with Gasteiger partial charge in [-0.1, -0.05) is 18.2 Å². The summed E-state index contributed by atoms with van der Waals surface area (Å²) in [6.45, 7) is 2.81. The molecule has 0 saturated heterocycles. The van der Waals surface area contributed by atoms with Crippen LogP contribution in [0.4, 0.5) is 0 Å². The monoisotopic (exact) mass is 437 g/mol. The van der Waals surface area contributed by atoms with Gasteiger partial charge in [0.2, 0.25) is 10.0 Å². The van der Waals surface area contributed by atoms with E-state index in [1.165, 1.54) is 16.8 Å². The van der Waals surface area contributed by atoms with Gasteiger partial charge >= 0.3 is 0 Å². The lowest BCUT2D eigenvalue weighted by Gasteiger charge is -2.09. The van der Waals surface area contributed by atoms with E-state index in [1.807, 2.05) is 31.2 Å². The number of fused-ring (bicyclic) bond motifs is 3. The number of hydrogen-bond donors (Lipinski definition) is 1. The third-order valence-corrected chi connectivity index (χ3v) is 6.69. The Morgan fingerprint density at radius 2 is 1.94 bits per heavy atom. The zero-order chi connectivity index (χ0) is 21.8. The molecule has 0 spiro atoms. The minimum atomic E-state index is -3.73. The van der Waals surface area contributed by atoms with Gasteiger partial charge in [0.15, 0.2) is 0 Å². The SMILES string of the molecule is Cc1cnc(CNC(=O)c2cc3c(c4ccccc4n3CC3CC3)n2S(C)(=O)=O)cn1. The molecule has 1 aliphatic rings. The van der Waals surface area contributed by atoms with E-state index in [2.05, 4.69) is 19.9 Å². The smallest absolute Gasteiger partial charge is 0.269 e. The summed E-state index contributed by atoms with van der Waals surface area (Å²) in [5.41, 5.74) is 3.79. The zero-order valence-electron chi connectivity index (χ0n) is 17.4. The highest BCUT2D eigenvalue weighted by Crippen LogP contribution is 2.37. The number of benzene rings is 1. The molecule has 3 aromatic heterocycles. The molecule has 1 saturated carbocycles. The molecule has 0 bridgehead atoms. The molecule has 9 heteroatoms. The molecule has 1 fully saturated rings. The minimum absolute atomic E-state index is 0.0999. The van der Waals surface area contributed by atoms with Crippen LogP contribution in [0, 0.1) is 12.8 Å². The summed E-state index contributed by atoms with van der Waals surface area (Å²) in [4.78, 5) is 21.5. The van der Waals surface area contributed by atoms with Gasteiger partial charge in [0.25, 0.3) is 5.91 Å². The van der Waals surface area contributed by atoms with Crippen LogP contribution in [0.5, 0.6) is 0 Å². The molecule has 31 heavy (non-hydrogen) atoms. The fourth-order valence-electron chi connectivity index (χ4n) is 4.00. The predicted molar refractivity (Wildman–Crippen MR) is 118 cm³/mol. The maximum absolute atomic E-state index is 13.0. The first kappa shape index (κ1) is 19.7. The van der Waals surface area contributed by atoms with Crippen molar-refractivity contribution >= 4 is 37.9 Å². The van der Waals surface area contributed by atoms with Gasteiger partial charge in [-0.05, 0) is 37.8 Å². The maximum Gasteiger partial charge on any atom is 0.269 e. The Hall–Kier alpha value is -3.20. The van der Waals surface area contributed by atoms with Crippen LogP contribution in [-0.4, -0.2) is 39.1 Å². The van der Waals surface area contributed by atoms with Crippen LogP contribution in [0.1, 0.15) is 34.7 Å². The molecule has 5 rings (SSSR count). The van der Waals surface area contributed by atoms with E-state index in [1.54, 1.807) is 18.5 Å². The largest absolute Gasteiger partial charge is 0.345 e. The number of aromatic nitrogens is 4. The van der Waals surface area contributed by atoms with Crippen molar-refractivity contribution in [3.63, 3.8) is 0 Å². The summed E-state index contributed by atoms with van der Waals surface area (Å²) in [6, 6.07) is 9.44. The highest BCUT2D eigenvalue weighted by atomic mass is 32.2. The third-order valence-electron chi connectivity index (χ3n) is 5.65. The average molecular weight is 438 g/mol. The van der Waals surface area contributed by atoms with Crippen molar-refractivity contribution in [2.24, 2.45) is 5.92 Å². The van der Waals surface area contributed by atoms with Crippen LogP contribution in [0.3, 0.4) is 0 Å². The normalized spacial score (nSPS) is 14.4. The summed E-state index contributed by atoms with van der Waals surface area (Å²) in [6.07, 6.45) is 6.69. The van der Waals surface area contributed by atoms with Crippen molar-refractivity contribution < 1.29 is 13.2 Å². The second-order valence-electron chi connectivity index (χ2n) is 8.19. The van der Waals surface area contributed by atoms with Gasteiger partial charge < -0.3 is 9.88 Å². The number of nitrogens with one attached hydrogen (secondary N) is 1. The Kier molecular flexibility index (Phi) is 4.58. The third kappa shape index (κ3) is 3.59. The lowest BCUT2D eigenvalue weighted by Crippen LogP contribution is -2.27. The zero-order valence-corrected chi connectivity index (χ0v) is 18.2. The van der Waals surface area contributed by atoms with Crippen LogP contribution >= 0.6 is 0 Å². The molecule has 0 radical (unpaired) electrons.